The summed E-state index contributed by atoms with van der Waals surface area (Å²) in [5.74, 6) is 0.00213. The predicted molar refractivity (Wildman–Crippen MR) is 68.3 cm³/mol. The highest BCUT2D eigenvalue weighted by molar-refractivity contribution is 5.77. The molecule has 94 valence electrons. The summed E-state index contributed by atoms with van der Waals surface area (Å²) in [5.41, 5.74) is 6.83. The van der Waals surface area contributed by atoms with Crippen LogP contribution in [0.2, 0.25) is 0 Å². The van der Waals surface area contributed by atoms with Gasteiger partial charge >= 0.3 is 0 Å². The van der Waals surface area contributed by atoms with Gasteiger partial charge < -0.3 is 11.1 Å². The number of hydrogen-bond acceptors (Lipinski definition) is 3. The van der Waals surface area contributed by atoms with Crippen LogP contribution >= 0.6 is 0 Å². The Morgan fingerprint density at radius 3 is 2.94 bits per heavy atom. The Labute approximate surface area is 103 Å². The van der Waals surface area contributed by atoms with E-state index in [9.17, 15) is 4.79 Å². The summed E-state index contributed by atoms with van der Waals surface area (Å²) < 4.78 is 0. The Kier molecular flexibility index (Phi) is 5.63. The highest BCUT2D eigenvalue weighted by atomic mass is 16.1. The van der Waals surface area contributed by atoms with Gasteiger partial charge in [0.1, 0.15) is 0 Å². The maximum Gasteiger partial charge on any atom is 0.222 e. The van der Waals surface area contributed by atoms with Gasteiger partial charge in [0.15, 0.2) is 0 Å². The van der Waals surface area contributed by atoms with Crippen LogP contribution in [-0.2, 0) is 4.79 Å². The molecule has 4 nitrogen and oxygen atoms in total. The second kappa shape index (κ2) is 7.01. The van der Waals surface area contributed by atoms with Gasteiger partial charge in [0.2, 0.25) is 5.91 Å². The number of hydrogen-bond donors (Lipinski definition) is 2. The molecule has 0 aromatic carbocycles. The molecular weight excluding hydrogens is 214 g/mol. The zero-order chi connectivity index (χ0) is 12.7. The number of carbonyl (C=O) groups excluding carboxylic acids is 1. The van der Waals surface area contributed by atoms with Crippen LogP contribution < -0.4 is 11.1 Å². The fourth-order valence-electron chi connectivity index (χ4n) is 1.73. The third kappa shape index (κ3) is 4.95. The Morgan fingerprint density at radius 1 is 1.59 bits per heavy atom. The van der Waals surface area contributed by atoms with E-state index in [1.165, 1.54) is 0 Å². The lowest BCUT2D eigenvalue weighted by Crippen LogP contribution is -2.33. The monoisotopic (exact) mass is 235 g/mol. The van der Waals surface area contributed by atoms with Crippen molar-refractivity contribution in [2.45, 2.75) is 45.2 Å². The van der Waals surface area contributed by atoms with E-state index in [1.54, 1.807) is 12.4 Å². The van der Waals surface area contributed by atoms with Crippen molar-refractivity contribution in [2.24, 2.45) is 5.73 Å². The zero-order valence-corrected chi connectivity index (χ0v) is 10.5. The molecule has 17 heavy (non-hydrogen) atoms. The average Bonchev–Trinajstić information content (AvgIpc) is 2.30. The van der Waals surface area contributed by atoms with Crippen LogP contribution in [0.5, 0.6) is 0 Å². The van der Waals surface area contributed by atoms with Gasteiger partial charge in [0, 0.05) is 24.9 Å². The molecule has 1 rings (SSSR count). The molecular formula is C13H21N3O. The number of rotatable bonds is 6. The average molecular weight is 235 g/mol. The van der Waals surface area contributed by atoms with Crippen LogP contribution in [0.25, 0.3) is 0 Å². The Hall–Kier alpha value is -1.42. The molecule has 0 saturated heterocycles. The molecule has 0 fully saturated rings. The summed E-state index contributed by atoms with van der Waals surface area (Å²) in [5, 5.41) is 2.93. The van der Waals surface area contributed by atoms with E-state index in [0.717, 1.165) is 18.4 Å². The highest BCUT2D eigenvalue weighted by Gasteiger charge is 2.12. The fraction of sp³-hybridized carbons (Fsp3) is 0.538. The van der Waals surface area contributed by atoms with Crippen LogP contribution in [0, 0.1) is 0 Å². The second-order valence-corrected chi connectivity index (χ2v) is 4.33. The van der Waals surface area contributed by atoms with E-state index in [2.05, 4.69) is 17.2 Å². The minimum Gasteiger partial charge on any atom is -0.349 e. The van der Waals surface area contributed by atoms with Crippen LogP contribution in [0.15, 0.2) is 24.5 Å². The summed E-state index contributed by atoms with van der Waals surface area (Å²) in [7, 11) is 0. The van der Waals surface area contributed by atoms with Crippen LogP contribution in [0.3, 0.4) is 0 Å². The standard InChI is InChI=1S/C13H21N3O/c1-3-5-12(14)8-13(17)16-10(2)11-6-4-7-15-9-11/h4,6-7,9-10,12H,3,5,8,14H2,1-2H3,(H,16,17)/t10-,12?/m1/s1. The number of nitrogens with zero attached hydrogens (tertiary/aromatic N) is 1. The summed E-state index contributed by atoms with van der Waals surface area (Å²) in [6.07, 6.45) is 5.76. The first-order chi connectivity index (χ1) is 8.13. The molecule has 4 heteroatoms. The largest absolute Gasteiger partial charge is 0.349 e. The molecule has 1 heterocycles. The lowest BCUT2D eigenvalue weighted by molar-refractivity contribution is -0.122. The maximum absolute atomic E-state index is 11.7. The predicted octanol–water partition coefficient (Wildman–Crippen LogP) is 1.78. The van der Waals surface area contributed by atoms with Gasteiger partial charge in [-0.05, 0) is 25.0 Å². The number of carbonyl (C=O) groups is 1. The number of nitrogens with one attached hydrogen (secondary N) is 1. The van der Waals surface area contributed by atoms with E-state index < -0.39 is 0 Å². The molecule has 0 saturated carbocycles. The van der Waals surface area contributed by atoms with Crippen molar-refractivity contribution in [1.29, 1.82) is 0 Å². The van der Waals surface area contributed by atoms with Gasteiger partial charge in [-0.3, -0.25) is 9.78 Å². The van der Waals surface area contributed by atoms with E-state index in [1.807, 2.05) is 19.1 Å². The maximum atomic E-state index is 11.7. The van der Waals surface area contributed by atoms with Crippen molar-refractivity contribution in [2.75, 3.05) is 0 Å². The number of pyridine rings is 1. The SMILES string of the molecule is CCCC(N)CC(=O)N[C@H](C)c1cccnc1. The Morgan fingerprint density at radius 2 is 2.35 bits per heavy atom. The fourth-order valence-corrected chi connectivity index (χ4v) is 1.73. The molecule has 0 aliphatic rings. The first kappa shape index (κ1) is 13.6. The minimum absolute atomic E-state index is 0.00213. The molecule has 3 N–H and O–H groups in total. The van der Waals surface area contributed by atoms with Gasteiger partial charge in [-0.2, -0.15) is 0 Å². The van der Waals surface area contributed by atoms with Crippen molar-refractivity contribution < 1.29 is 4.79 Å². The van der Waals surface area contributed by atoms with Gasteiger partial charge in [-0.25, -0.2) is 0 Å². The van der Waals surface area contributed by atoms with E-state index >= 15 is 0 Å². The van der Waals surface area contributed by atoms with Gasteiger partial charge in [0.25, 0.3) is 0 Å². The van der Waals surface area contributed by atoms with Crippen molar-refractivity contribution in [3.05, 3.63) is 30.1 Å². The topological polar surface area (TPSA) is 68.0 Å². The van der Waals surface area contributed by atoms with Crippen molar-refractivity contribution >= 4 is 5.91 Å². The van der Waals surface area contributed by atoms with E-state index in [0.29, 0.717) is 6.42 Å². The molecule has 1 aromatic heterocycles. The molecule has 0 spiro atoms. The molecule has 0 aliphatic heterocycles. The molecule has 1 unspecified atom stereocenters. The number of amides is 1. The summed E-state index contributed by atoms with van der Waals surface area (Å²) in [4.78, 5) is 15.7. The summed E-state index contributed by atoms with van der Waals surface area (Å²) >= 11 is 0. The van der Waals surface area contributed by atoms with Crippen LogP contribution in [-0.4, -0.2) is 16.9 Å². The van der Waals surface area contributed by atoms with E-state index in [-0.39, 0.29) is 18.0 Å². The number of nitrogens with two attached hydrogens (primary N) is 1. The lowest BCUT2D eigenvalue weighted by atomic mass is 10.1. The van der Waals surface area contributed by atoms with Gasteiger partial charge in [-0.15, -0.1) is 0 Å². The van der Waals surface area contributed by atoms with Crippen LogP contribution in [0.4, 0.5) is 0 Å². The third-order valence-corrected chi connectivity index (χ3v) is 2.67. The first-order valence-electron chi connectivity index (χ1n) is 6.08. The summed E-state index contributed by atoms with van der Waals surface area (Å²) in [6.45, 7) is 4.01. The molecule has 1 amide bonds. The normalized spacial score (nSPS) is 14.1. The zero-order valence-electron chi connectivity index (χ0n) is 10.5. The van der Waals surface area contributed by atoms with Crippen LogP contribution in [0.1, 0.15) is 44.7 Å². The minimum atomic E-state index is -0.0406. The quantitative estimate of drug-likeness (QED) is 0.789. The number of aromatic nitrogens is 1. The molecule has 0 bridgehead atoms. The highest BCUT2D eigenvalue weighted by Crippen LogP contribution is 2.10. The lowest BCUT2D eigenvalue weighted by Gasteiger charge is -2.16. The van der Waals surface area contributed by atoms with Crippen molar-refractivity contribution in [3.8, 4) is 0 Å². The van der Waals surface area contributed by atoms with Crippen molar-refractivity contribution in [3.63, 3.8) is 0 Å². The Bertz CT molecular complexity index is 340. The third-order valence-electron chi connectivity index (χ3n) is 2.67. The van der Waals surface area contributed by atoms with Gasteiger partial charge in [0.05, 0.1) is 6.04 Å². The molecule has 1 aromatic rings. The van der Waals surface area contributed by atoms with Crippen molar-refractivity contribution in [1.82, 2.24) is 10.3 Å². The molecule has 0 aliphatic carbocycles. The molecule has 0 radical (unpaired) electrons. The second-order valence-electron chi connectivity index (χ2n) is 4.33. The Balaban J connectivity index is 2.41. The van der Waals surface area contributed by atoms with Gasteiger partial charge in [-0.1, -0.05) is 19.4 Å². The smallest absolute Gasteiger partial charge is 0.222 e. The molecule has 2 atom stereocenters. The van der Waals surface area contributed by atoms with E-state index in [4.69, 9.17) is 5.73 Å². The summed E-state index contributed by atoms with van der Waals surface area (Å²) in [6, 6.07) is 3.75. The first-order valence-corrected chi connectivity index (χ1v) is 6.08.